The van der Waals surface area contributed by atoms with Crippen LogP contribution in [0.15, 0.2) is 5.16 Å². The molecule has 0 spiro atoms. The second-order valence-electron chi connectivity index (χ2n) is 12.5. The van der Waals surface area contributed by atoms with Crippen molar-refractivity contribution in [2.24, 2.45) is 57.4 Å². The summed E-state index contributed by atoms with van der Waals surface area (Å²) in [5.74, 6) is 3.95. The lowest BCUT2D eigenvalue weighted by Gasteiger charge is -2.55. The number of hydrogen-bond acceptors (Lipinski definition) is 4. The second-order valence-corrected chi connectivity index (χ2v) is 12.5. The predicted molar refractivity (Wildman–Crippen MR) is 124 cm³/mol. The van der Waals surface area contributed by atoms with Crippen molar-refractivity contribution in [3.05, 3.63) is 0 Å². The van der Waals surface area contributed by atoms with Crippen molar-refractivity contribution in [1.82, 2.24) is 0 Å². The van der Waals surface area contributed by atoms with E-state index < -0.39 is 0 Å². The van der Waals surface area contributed by atoms with Gasteiger partial charge in [0.05, 0.1) is 18.2 Å². The fraction of sp³-hybridized carbons (Fsp3) is 0.926. The lowest BCUT2D eigenvalue weighted by Crippen LogP contribution is -2.51. The molecular weight excluding hydrogens is 386 g/mol. The molecule has 0 amide bonds. The zero-order chi connectivity index (χ0) is 22.4. The van der Waals surface area contributed by atoms with Gasteiger partial charge in [0, 0.05) is 6.42 Å². The van der Waals surface area contributed by atoms with Crippen LogP contribution in [0.3, 0.4) is 0 Å². The van der Waals surface area contributed by atoms with Crippen LogP contribution in [0, 0.1) is 52.3 Å². The van der Waals surface area contributed by atoms with Gasteiger partial charge < -0.3 is 9.94 Å². The second kappa shape index (κ2) is 8.71. The molecule has 0 aromatic heterocycles. The lowest BCUT2D eigenvalue weighted by molar-refractivity contribution is -0.151. The molecule has 0 bridgehead atoms. The first-order chi connectivity index (χ1) is 14.7. The van der Waals surface area contributed by atoms with Gasteiger partial charge in [0.15, 0.2) is 0 Å². The Morgan fingerprint density at radius 3 is 2.52 bits per heavy atom. The summed E-state index contributed by atoms with van der Waals surface area (Å²) in [6, 6.07) is 0. The van der Waals surface area contributed by atoms with E-state index in [0.717, 1.165) is 36.3 Å². The van der Waals surface area contributed by atoms with Crippen molar-refractivity contribution in [3.63, 3.8) is 0 Å². The quantitative estimate of drug-likeness (QED) is 0.299. The highest BCUT2D eigenvalue weighted by Gasteiger charge is 2.61. The Labute approximate surface area is 189 Å². The summed E-state index contributed by atoms with van der Waals surface area (Å²) in [5.41, 5.74) is 1.15. The number of fused-ring (bicyclic) bond motifs is 5. The van der Waals surface area contributed by atoms with Gasteiger partial charge in [-0.2, -0.15) is 0 Å². The van der Waals surface area contributed by atoms with Crippen molar-refractivity contribution in [2.75, 3.05) is 6.61 Å². The molecule has 4 rings (SSSR count). The van der Waals surface area contributed by atoms with Gasteiger partial charge in [0.2, 0.25) is 0 Å². The molecule has 31 heavy (non-hydrogen) atoms. The van der Waals surface area contributed by atoms with E-state index in [0.29, 0.717) is 36.2 Å². The largest absolute Gasteiger partial charge is 0.465 e. The van der Waals surface area contributed by atoms with Gasteiger partial charge in [0.25, 0.3) is 0 Å². The van der Waals surface area contributed by atoms with Gasteiger partial charge in [-0.25, -0.2) is 0 Å². The van der Waals surface area contributed by atoms with Crippen LogP contribution in [0.4, 0.5) is 0 Å². The Morgan fingerprint density at radius 2 is 1.81 bits per heavy atom. The van der Waals surface area contributed by atoms with Crippen LogP contribution in [0.25, 0.3) is 0 Å². The fourth-order valence-electron chi connectivity index (χ4n) is 8.69. The van der Waals surface area contributed by atoms with E-state index in [4.69, 9.17) is 4.74 Å². The minimum atomic E-state index is -0.140. The molecule has 1 aliphatic heterocycles. The molecule has 0 unspecified atom stereocenters. The minimum absolute atomic E-state index is 0.0191. The SMILES string of the molecule is CC(C)CCC[C@@H](C)[C@H]1CC[C@H]2[C@@H]3COC(=O)[C@H]4C/C(=N/O)CC[C@]4(C)[C@H]3CC[C@]12C. The standard InChI is InChI=1S/C27H45NO3/c1-17(2)7-6-8-18(3)21-9-10-22-20-16-31-25(29)24-15-19(28-30)11-13-27(24,5)23(20)12-14-26(21,22)4/h17-18,20-24,30H,6-16H2,1-5H3/b28-19+/t18-,20+,21-,22+,23+,24-,26-,27-/m1/s1. The summed E-state index contributed by atoms with van der Waals surface area (Å²) in [6.07, 6.45) is 11.6. The molecule has 176 valence electrons. The molecule has 1 saturated heterocycles. The highest BCUT2D eigenvalue weighted by Crippen LogP contribution is 2.66. The number of cyclic esters (lactones) is 1. The first-order valence-electron chi connectivity index (χ1n) is 13.1. The summed E-state index contributed by atoms with van der Waals surface area (Å²) < 4.78 is 5.96. The Hall–Kier alpha value is -1.06. The molecule has 0 radical (unpaired) electrons. The Balaban J connectivity index is 1.53. The molecule has 0 aromatic carbocycles. The molecule has 4 heteroatoms. The molecule has 4 fully saturated rings. The molecule has 3 saturated carbocycles. The van der Waals surface area contributed by atoms with Gasteiger partial charge in [-0.1, -0.05) is 59.0 Å². The normalized spacial score (nSPS) is 44.9. The number of carbonyl (C=O) groups is 1. The topological polar surface area (TPSA) is 58.9 Å². The number of carbonyl (C=O) groups excluding carboxylic acids is 1. The van der Waals surface area contributed by atoms with E-state index in [-0.39, 0.29) is 17.3 Å². The number of hydrogen-bond donors (Lipinski definition) is 1. The van der Waals surface area contributed by atoms with E-state index in [9.17, 15) is 10.0 Å². The smallest absolute Gasteiger partial charge is 0.309 e. The molecule has 4 nitrogen and oxygen atoms in total. The third-order valence-electron chi connectivity index (χ3n) is 10.5. The van der Waals surface area contributed by atoms with Crippen molar-refractivity contribution in [2.45, 2.75) is 98.8 Å². The monoisotopic (exact) mass is 431 g/mol. The summed E-state index contributed by atoms with van der Waals surface area (Å²) in [6.45, 7) is 12.7. The average Bonchev–Trinajstić information content (AvgIpc) is 3.03. The Kier molecular flexibility index (Phi) is 6.49. The number of oxime groups is 1. The van der Waals surface area contributed by atoms with Gasteiger partial charge in [-0.05, 0) is 84.9 Å². The predicted octanol–water partition coefficient (Wildman–Crippen LogP) is 6.70. The third kappa shape index (κ3) is 3.95. The Bertz CT molecular complexity index is 703. The molecular formula is C27H45NO3. The highest BCUT2D eigenvalue weighted by molar-refractivity contribution is 5.90. The molecule has 3 aliphatic carbocycles. The van der Waals surface area contributed by atoms with E-state index in [1.165, 1.54) is 44.9 Å². The van der Waals surface area contributed by atoms with Crippen LogP contribution in [-0.2, 0) is 9.53 Å². The number of nitrogens with zero attached hydrogens (tertiary/aromatic N) is 1. The van der Waals surface area contributed by atoms with Gasteiger partial charge in [-0.3, -0.25) is 4.79 Å². The number of rotatable bonds is 5. The van der Waals surface area contributed by atoms with E-state index in [2.05, 4.69) is 39.8 Å². The summed E-state index contributed by atoms with van der Waals surface area (Å²) in [5, 5.41) is 12.8. The van der Waals surface area contributed by atoms with Crippen LogP contribution >= 0.6 is 0 Å². The van der Waals surface area contributed by atoms with Crippen LogP contribution in [0.5, 0.6) is 0 Å². The van der Waals surface area contributed by atoms with Gasteiger partial charge >= 0.3 is 5.97 Å². The first kappa shape index (κ1) is 23.1. The van der Waals surface area contributed by atoms with Crippen molar-refractivity contribution in [3.8, 4) is 0 Å². The number of esters is 1. The maximum absolute atomic E-state index is 13.0. The molecule has 8 atom stereocenters. The minimum Gasteiger partial charge on any atom is -0.465 e. The van der Waals surface area contributed by atoms with E-state index in [1.54, 1.807) is 0 Å². The molecule has 0 aromatic rings. The Morgan fingerprint density at radius 1 is 1.06 bits per heavy atom. The van der Waals surface area contributed by atoms with Crippen LogP contribution in [0.2, 0.25) is 0 Å². The molecule has 1 N–H and O–H groups in total. The summed E-state index contributed by atoms with van der Waals surface area (Å²) in [7, 11) is 0. The van der Waals surface area contributed by atoms with Crippen molar-refractivity contribution >= 4 is 11.7 Å². The average molecular weight is 432 g/mol. The molecule has 1 heterocycles. The van der Waals surface area contributed by atoms with E-state index in [1.807, 2.05) is 0 Å². The van der Waals surface area contributed by atoms with Crippen LogP contribution in [0.1, 0.15) is 98.8 Å². The maximum Gasteiger partial charge on any atom is 0.309 e. The highest BCUT2D eigenvalue weighted by atomic mass is 16.5. The van der Waals surface area contributed by atoms with Crippen molar-refractivity contribution < 1.29 is 14.7 Å². The number of ether oxygens (including phenoxy) is 1. The lowest BCUT2D eigenvalue weighted by atomic mass is 9.49. The fourth-order valence-corrected chi connectivity index (χ4v) is 8.69. The van der Waals surface area contributed by atoms with Crippen LogP contribution in [-0.4, -0.2) is 23.5 Å². The molecule has 4 aliphatic rings. The third-order valence-corrected chi connectivity index (χ3v) is 10.5. The van der Waals surface area contributed by atoms with Gasteiger partial charge in [0.1, 0.15) is 0 Å². The first-order valence-corrected chi connectivity index (χ1v) is 13.1. The van der Waals surface area contributed by atoms with Crippen LogP contribution < -0.4 is 0 Å². The van der Waals surface area contributed by atoms with Crippen molar-refractivity contribution in [1.29, 1.82) is 0 Å². The van der Waals surface area contributed by atoms with E-state index >= 15 is 0 Å². The zero-order valence-corrected chi connectivity index (χ0v) is 20.5. The van der Waals surface area contributed by atoms with Gasteiger partial charge in [-0.15, -0.1) is 0 Å². The summed E-state index contributed by atoms with van der Waals surface area (Å²) in [4.78, 5) is 13.0. The maximum atomic E-state index is 13.0. The zero-order valence-electron chi connectivity index (χ0n) is 20.5. The summed E-state index contributed by atoms with van der Waals surface area (Å²) >= 11 is 0.